The fourth-order valence-corrected chi connectivity index (χ4v) is 3.09. The predicted octanol–water partition coefficient (Wildman–Crippen LogP) is 3.59. The summed E-state index contributed by atoms with van der Waals surface area (Å²) in [5.74, 6) is 0.915. The van der Waals surface area contributed by atoms with E-state index in [9.17, 15) is 0 Å². The summed E-state index contributed by atoms with van der Waals surface area (Å²) < 4.78 is 0. The number of hydrogen-bond acceptors (Lipinski definition) is 3. The molecule has 1 N–H and O–H groups in total. The summed E-state index contributed by atoms with van der Waals surface area (Å²) in [7, 11) is 2.25. The zero-order chi connectivity index (χ0) is 15.2. The molecule has 1 aliphatic carbocycles. The minimum atomic E-state index is 0.502. The molecule has 1 aromatic rings. The first kappa shape index (κ1) is 16.4. The van der Waals surface area contributed by atoms with Gasteiger partial charge in [-0.1, -0.05) is 26.8 Å². The van der Waals surface area contributed by atoms with Crippen LogP contribution in [0.5, 0.6) is 0 Å². The van der Waals surface area contributed by atoms with Gasteiger partial charge in [0, 0.05) is 25.2 Å². The van der Waals surface area contributed by atoms with Gasteiger partial charge in [0.15, 0.2) is 0 Å². The van der Waals surface area contributed by atoms with E-state index in [1.54, 1.807) is 0 Å². The van der Waals surface area contributed by atoms with Gasteiger partial charge in [-0.25, -0.2) is 0 Å². The molecule has 2 rings (SSSR count). The molecular formula is C18H31N3. The molecule has 118 valence electrons. The third-order valence-corrected chi connectivity index (χ3v) is 4.58. The van der Waals surface area contributed by atoms with Crippen molar-refractivity contribution in [2.75, 3.05) is 7.05 Å². The van der Waals surface area contributed by atoms with Crippen molar-refractivity contribution in [2.45, 2.75) is 71.6 Å². The normalized spacial score (nSPS) is 23.0. The van der Waals surface area contributed by atoms with Crippen molar-refractivity contribution in [3.8, 4) is 0 Å². The van der Waals surface area contributed by atoms with Gasteiger partial charge in [0.25, 0.3) is 0 Å². The Morgan fingerprint density at radius 3 is 2.52 bits per heavy atom. The number of aromatic nitrogens is 1. The van der Waals surface area contributed by atoms with E-state index in [4.69, 9.17) is 4.98 Å². The Morgan fingerprint density at radius 2 is 1.86 bits per heavy atom. The highest BCUT2D eigenvalue weighted by Gasteiger charge is 2.21. The van der Waals surface area contributed by atoms with Crippen LogP contribution in [0.25, 0.3) is 0 Å². The van der Waals surface area contributed by atoms with Crippen molar-refractivity contribution in [3.05, 3.63) is 29.6 Å². The summed E-state index contributed by atoms with van der Waals surface area (Å²) in [5.41, 5.74) is 2.34. The summed E-state index contributed by atoms with van der Waals surface area (Å²) in [6, 6.07) is 7.64. The summed E-state index contributed by atoms with van der Waals surface area (Å²) in [6.07, 6.45) is 5.43. The van der Waals surface area contributed by atoms with Gasteiger partial charge in [-0.2, -0.15) is 0 Å². The van der Waals surface area contributed by atoms with Gasteiger partial charge in [-0.15, -0.1) is 0 Å². The van der Waals surface area contributed by atoms with Crippen LogP contribution < -0.4 is 5.32 Å². The Labute approximate surface area is 130 Å². The van der Waals surface area contributed by atoms with Crippen molar-refractivity contribution in [2.24, 2.45) is 5.92 Å². The maximum absolute atomic E-state index is 4.79. The standard InChI is InChI=1S/C18H31N3/c1-14(2)19-12-16-6-5-7-17(20-16)13-21(4)18-10-8-15(3)9-11-18/h5-7,14-15,18-19H,8-13H2,1-4H3. The predicted molar refractivity (Wildman–Crippen MR) is 89.1 cm³/mol. The number of pyridine rings is 1. The fraction of sp³-hybridized carbons (Fsp3) is 0.722. The number of nitrogens with one attached hydrogen (secondary N) is 1. The van der Waals surface area contributed by atoms with Crippen molar-refractivity contribution < 1.29 is 0 Å². The lowest BCUT2D eigenvalue weighted by molar-refractivity contribution is 0.162. The second kappa shape index (κ2) is 7.90. The quantitative estimate of drug-likeness (QED) is 0.867. The highest BCUT2D eigenvalue weighted by molar-refractivity contribution is 5.11. The molecule has 3 heteroatoms. The summed E-state index contributed by atoms with van der Waals surface area (Å²) in [4.78, 5) is 7.28. The third kappa shape index (κ3) is 5.40. The summed E-state index contributed by atoms with van der Waals surface area (Å²) in [6.45, 7) is 8.54. The first-order valence-corrected chi connectivity index (χ1v) is 8.43. The molecule has 0 bridgehead atoms. The van der Waals surface area contributed by atoms with Gasteiger partial charge in [0.05, 0.1) is 11.4 Å². The molecule has 0 saturated heterocycles. The Morgan fingerprint density at radius 1 is 1.19 bits per heavy atom. The minimum Gasteiger partial charge on any atom is -0.309 e. The number of hydrogen-bond donors (Lipinski definition) is 1. The first-order valence-electron chi connectivity index (χ1n) is 8.43. The van der Waals surface area contributed by atoms with Crippen LogP contribution in [0.1, 0.15) is 57.8 Å². The van der Waals surface area contributed by atoms with Gasteiger partial charge < -0.3 is 5.32 Å². The van der Waals surface area contributed by atoms with Crippen LogP contribution in [0.2, 0.25) is 0 Å². The average molecular weight is 289 g/mol. The Hall–Kier alpha value is -0.930. The molecule has 1 heterocycles. The second-order valence-electron chi connectivity index (χ2n) is 6.98. The lowest BCUT2D eigenvalue weighted by atomic mass is 9.87. The van der Waals surface area contributed by atoms with Crippen LogP contribution in [0.15, 0.2) is 18.2 Å². The largest absolute Gasteiger partial charge is 0.309 e. The topological polar surface area (TPSA) is 28.2 Å². The average Bonchev–Trinajstić information content (AvgIpc) is 2.46. The monoisotopic (exact) mass is 289 g/mol. The molecule has 21 heavy (non-hydrogen) atoms. The van der Waals surface area contributed by atoms with Gasteiger partial charge in [0.1, 0.15) is 0 Å². The number of nitrogens with zero attached hydrogens (tertiary/aromatic N) is 2. The van der Waals surface area contributed by atoms with Crippen LogP contribution in [0.3, 0.4) is 0 Å². The molecule has 1 fully saturated rings. The summed E-state index contributed by atoms with van der Waals surface area (Å²) in [5, 5.41) is 3.43. The molecule has 1 aromatic heterocycles. The van der Waals surface area contributed by atoms with Crippen molar-refractivity contribution in [1.82, 2.24) is 15.2 Å². The molecule has 0 radical (unpaired) electrons. The molecule has 0 unspecified atom stereocenters. The van der Waals surface area contributed by atoms with E-state index in [-0.39, 0.29) is 0 Å². The van der Waals surface area contributed by atoms with Crippen LogP contribution >= 0.6 is 0 Å². The van der Waals surface area contributed by atoms with Gasteiger partial charge in [0.2, 0.25) is 0 Å². The highest BCUT2D eigenvalue weighted by Crippen LogP contribution is 2.27. The third-order valence-electron chi connectivity index (χ3n) is 4.58. The van der Waals surface area contributed by atoms with Crippen molar-refractivity contribution >= 4 is 0 Å². The lowest BCUT2D eigenvalue weighted by Gasteiger charge is -2.33. The zero-order valence-corrected chi connectivity index (χ0v) is 14.1. The number of rotatable bonds is 6. The minimum absolute atomic E-state index is 0.502. The Balaban J connectivity index is 1.88. The van der Waals surface area contributed by atoms with E-state index in [1.165, 1.54) is 31.4 Å². The smallest absolute Gasteiger partial charge is 0.0547 e. The van der Waals surface area contributed by atoms with E-state index in [0.717, 1.165) is 30.7 Å². The SMILES string of the molecule is CC1CCC(N(C)Cc2cccc(CNC(C)C)n2)CC1. The molecule has 0 atom stereocenters. The van der Waals surface area contributed by atoms with Crippen LogP contribution in [0.4, 0.5) is 0 Å². The van der Waals surface area contributed by atoms with E-state index >= 15 is 0 Å². The van der Waals surface area contributed by atoms with E-state index in [2.05, 4.69) is 56.2 Å². The molecular weight excluding hydrogens is 258 g/mol. The molecule has 1 saturated carbocycles. The molecule has 3 nitrogen and oxygen atoms in total. The Kier molecular flexibility index (Phi) is 6.19. The van der Waals surface area contributed by atoms with Crippen molar-refractivity contribution in [3.63, 3.8) is 0 Å². The van der Waals surface area contributed by atoms with E-state index in [1.807, 2.05) is 0 Å². The van der Waals surface area contributed by atoms with Crippen molar-refractivity contribution in [1.29, 1.82) is 0 Å². The molecule has 0 amide bonds. The molecule has 0 spiro atoms. The molecule has 0 aliphatic heterocycles. The summed E-state index contributed by atoms with van der Waals surface area (Å²) >= 11 is 0. The molecule has 0 aromatic carbocycles. The zero-order valence-electron chi connectivity index (χ0n) is 14.1. The van der Waals surface area contributed by atoms with Crippen LogP contribution in [-0.2, 0) is 13.1 Å². The van der Waals surface area contributed by atoms with Gasteiger partial charge >= 0.3 is 0 Å². The van der Waals surface area contributed by atoms with Gasteiger partial charge in [-0.3, -0.25) is 9.88 Å². The fourth-order valence-electron chi connectivity index (χ4n) is 3.09. The van der Waals surface area contributed by atoms with Crippen LogP contribution in [0, 0.1) is 5.92 Å². The Bertz CT molecular complexity index is 422. The van der Waals surface area contributed by atoms with Gasteiger partial charge in [-0.05, 0) is 50.8 Å². The second-order valence-corrected chi connectivity index (χ2v) is 6.98. The van der Waals surface area contributed by atoms with E-state index < -0.39 is 0 Å². The first-order chi connectivity index (χ1) is 10.0. The maximum atomic E-state index is 4.79. The van der Waals surface area contributed by atoms with E-state index in [0.29, 0.717) is 6.04 Å². The maximum Gasteiger partial charge on any atom is 0.0547 e. The van der Waals surface area contributed by atoms with Crippen LogP contribution in [-0.4, -0.2) is 29.0 Å². The molecule has 1 aliphatic rings. The highest BCUT2D eigenvalue weighted by atomic mass is 15.1. The lowest BCUT2D eigenvalue weighted by Crippen LogP contribution is -2.34.